The number of hydrazone groups is 1. The van der Waals surface area contributed by atoms with Crippen molar-refractivity contribution in [3.8, 4) is 0 Å². The molecule has 5 heteroatoms. The molecule has 0 atom stereocenters. The molecule has 0 bridgehead atoms. The van der Waals surface area contributed by atoms with Crippen LogP contribution in [0.5, 0.6) is 0 Å². The summed E-state index contributed by atoms with van der Waals surface area (Å²) >= 11 is 0. The van der Waals surface area contributed by atoms with Gasteiger partial charge >= 0.3 is 0 Å². The van der Waals surface area contributed by atoms with Crippen LogP contribution in [-0.4, -0.2) is 17.5 Å². The van der Waals surface area contributed by atoms with E-state index in [-0.39, 0.29) is 29.4 Å². The number of anilines is 1. The molecule has 2 amide bonds. The van der Waals surface area contributed by atoms with Gasteiger partial charge < -0.3 is 5.32 Å². The number of hydrogen-bond acceptors (Lipinski definition) is 3. The van der Waals surface area contributed by atoms with Crippen LogP contribution in [-0.2, 0) is 15.0 Å². The van der Waals surface area contributed by atoms with Crippen molar-refractivity contribution < 1.29 is 9.59 Å². The molecule has 1 aromatic carbocycles. The highest BCUT2D eigenvalue weighted by Gasteiger charge is 2.21. The van der Waals surface area contributed by atoms with E-state index < -0.39 is 0 Å². The lowest BCUT2D eigenvalue weighted by Crippen LogP contribution is -2.22. The largest absolute Gasteiger partial charge is 0.321 e. The summed E-state index contributed by atoms with van der Waals surface area (Å²) < 4.78 is 0. The highest BCUT2D eigenvalue weighted by molar-refractivity contribution is 6.46. The maximum atomic E-state index is 11.8. The number of benzene rings is 1. The third-order valence-corrected chi connectivity index (χ3v) is 2.91. The molecule has 0 radical (unpaired) electrons. The van der Waals surface area contributed by atoms with E-state index in [2.05, 4.69) is 36.6 Å². The molecule has 19 heavy (non-hydrogen) atoms. The van der Waals surface area contributed by atoms with Gasteiger partial charge in [-0.15, -0.1) is 0 Å². The molecule has 2 N–H and O–H groups in total. The Morgan fingerprint density at radius 1 is 1.26 bits per heavy atom. The normalized spacial score (nSPS) is 14.9. The van der Waals surface area contributed by atoms with Gasteiger partial charge in [-0.05, 0) is 23.1 Å². The Morgan fingerprint density at radius 3 is 2.37 bits per heavy atom. The molecule has 0 saturated carbocycles. The van der Waals surface area contributed by atoms with Crippen LogP contribution < -0.4 is 10.7 Å². The average molecular weight is 259 g/mol. The van der Waals surface area contributed by atoms with Crippen molar-refractivity contribution in [3.05, 3.63) is 29.8 Å². The fraction of sp³-hybridized carbons (Fsp3) is 0.357. The van der Waals surface area contributed by atoms with E-state index >= 15 is 0 Å². The van der Waals surface area contributed by atoms with Crippen molar-refractivity contribution in [3.63, 3.8) is 0 Å². The van der Waals surface area contributed by atoms with Gasteiger partial charge in [-0.25, -0.2) is 5.43 Å². The second-order valence-electron chi connectivity index (χ2n) is 5.55. The highest BCUT2D eigenvalue weighted by atomic mass is 16.2. The summed E-state index contributed by atoms with van der Waals surface area (Å²) in [5, 5.41) is 6.40. The highest BCUT2D eigenvalue weighted by Crippen LogP contribution is 2.23. The zero-order valence-electron chi connectivity index (χ0n) is 11.3. The molecule has 0 fully saturated rings. The number of carbonyl (C=O) groups excluding carboxylic acids is 2. The minimum atomic E-state index is -0.346. The Labute approximate surface area is 112 Å². The Kier molecular flexibility index (Phi) is 3.38. The van der Waals surface area contributed by atoms with Crippen LogP contribution in [0.25, 0.3) is 0 Å². The number of rotatable bonds is 2. The van der Waals surface area contributed by atoms with E-state index in [4.69, 9.17) is 0 Å². The SMILES string of the molecule is CC(C)(C)c1ccc(NC(=O)C2=NNC(=O)C2)cc1. The summed E-state index contributed by atoms with van der Waals surface area (Å²) in [6, 6.07) is 7.66. The molecule has 5 nitrogen and oxygen atoms in total. The molecule has 0 saturated heterocycles. The van der Waals surface area contributed by atoms with E-state index in [1.807, 2.05) is 24.3 Å². The molecule has 1 aromatic rings. The van der Waals surface area contributed by atoms with Crippen LogP contribution in [0.1, 0.15) is 32.8 Å². The Bertz CT molecular complexity index is 539. The molecular formula is C14H17N3O2. The van der Waals surface area contributed by atoms with Gasteiger partial charge in [-0.2, -0.15) is 5.10 Å². The van der Waals surface area contributed by atoms with Gasteiger partial charge in [-0.1, -0.05) is 32.9 Å². The fourth-order valence-electron chi connectivity index (χ4n) is 1.75. The summed E-state index contributed by atoms with van der Waals surface area (Å²) in [6.45, 7) is 6.39. The molecular weight excluding hydrogens is 242 g/mol. The lowest BCUT2D eigenvalue weighted by Gasteiger charge is -2.19. The minimum Gasteiger partial charge on any atom is -0.321 e. The van der Waals surface area contributed by atoms with Gasteiger partial charge in [0.25, 0.3) is 5.91 Å². The van der Waals surface area contributed by atoms with Crippen LogP contribution in [0.3, 0.4) is 0 Å². The number of amides is 2. The number of carbonyl (C=O) groups is 2. The van der Waals surface area contributed by atoms with Crippen LogP contribution in [0.4, 0.5) is 5.69 Å². The third kappa shape index (κ3) is 3.19. The smallest absolute Gasteiger partial charge is 0.272 e. The first-order chi connectivity index (χ1) is 8.86. The number of nitrogens with one attached hydrogen (secondary N) is 2. The van der Waals surface area contributed by atoms with Gasteiger partial charge in [-0.3, -0.25) is 9.59 Å². The van der Waals surface area contributed by atoms with Crippen molar-refractivity contribution in [2.75, 3.05) is 5.32 Å². The number of hydrogen-bond donors (Lipinski definition) is 2. The number of nitrogens with zero attached hydrogens (tertiary/aromatic N) is 1. The maximum Gasteiger partial charge on any atom is 0.272 e. The van der Waals surface area contributed by atoms with Gasteiger partial charge in [0.05, 0.1) is 6.42 Å². The molecule has 100 valence electrons. The molecule has 2 rings (SSSR count). The zero-order valence-corrected chi connectivity index (χ0v) is 11.3. The van der Waals surface area contributed by atoms with Crippen molar-refractivity contribution in [1.82, 2.24) is 5.43 Å². The van der Waals surface area contributed by atoms with Gasteiger partial charge in [0, 0.05) is 5.69 Å². The molecule has 1 aliphatic rings. The lowest BCUT2D eigenvalue weighted by atomic mass is 9.87. The summed E-state index contributed by atoms with van der Waals surface area (Å²) in [6.07, 6.45) is 0.0336. The van der Waals surface area contributed by atoms with Gasteiger partial charge in [0.1, 0.15) is 5.71 Å². The van der Waals surface area contributed by atoms with E-state index in [1.165, 1.54) is 5.56 Å². The van der Waals surface area contributed by atoms with Gasteiger partial charge in [0.15, 0.2) is 0 Å². The van der Waals surface area contributed by atoms with Gasteiger partial charge in [0.2, 0.25) is 5.91 Å². The lowest BCUT2D eigenvalue weighted by molar-refractivity contribution is -0.119. The summed E-state index contributed by atoms with van der Waals surface area (Å²) in [7, 11) is 0. The predicted octanol–water partition coefficient (Wildman–Crippen LogP) is 1.80. The molecule has 1 aliphatic heterocycles. The Morgan fingerprint density at radius 2 is 1.89 bits per heavy atom. The van der Waals surface area contributed by atoms with Crippen molar-refractivity contribution in [1.29, 1.82) is 0 Å². The molecule has 0 spiro atoms. The van der Waals surface area contributed by atoms with E-state index in [9.17, 15) is 9.59 Å². The van der Waals surface area contributed by atoms with E-state index in [0.29, 0.717) is 5.69 Å². The van der Waals surface area contributed by atoms with E-state index in [1.54, 1.807) is 0 Å². The average Bonchev–Trinajstić information content (AvgIpc) is 2.75. The topological polar surface area (TPSA) is 70.6 Å². The molecule has 0 unspecified atom stereocenters. The zero-order chi connectivity index (χ0) is 14.0. The van der Waals surface area contributed by atoms with Crippen molar-refractivity contribution >= 4 is 23.2 Å². The summed E-state index contributed by atoms with van der Waals surface area (Å²) in [4.78, 5) is 22.8. The molecule has 0 aromatic heterocycles. The Balaban J connectivity index is 2.04. The first-order valence-electron chi connectivity index (χ1n) is 6.13. The van der Waals surface area contributed by atoms with Crippen LogP contribution in [0, 0.1) is 0 Å². The van der Waals surface area contributed by atoms with Crippen molar-refractivity contribution in [2.24, 2.45) is 5.10 Å². The van der Waals surface area contributed by atoms with Crippen LogP contribution in [0.15, 0.2) is 29.4 Å². The second kappa shape index (κ2) is 4.84. The maximum absolute atomic E-state index is 11.8. The fourth-order valence-corrected chi connectivity index (χ4v) is 1.75. The van der Waals surface area contributed by atoms with E-state index in [0.717, 1.165) is 0 Å². The minimum absolute atomic E-state index is 0.0336. The molecule has 0 aliphatic carbocycles. The summed E-state index contributed by atoms with van der Waals surface area (Å²) in [5.74, 6) is -0.602. The third-order valence-electron chi connectivity index (χ3n) is 2.91. The summed E-state index contributed by atoms with van der Waals surface area (Å²) in [5.41, 5.74) is 4.43. The standard InChI is InChI=1S/C14H17N3O2/c1-14(2,3)9-4-6-10(7-5-9)15-13(19)11-8-12(18)17-16-11/h4-7H,8H2,1-3H3,(H,15,19)(H,17,18). The quantitative estimate of drug-likeness (QED) is 0.850. The Hall–Kier alpha value is -2.17. The molecule has 1 heterocycles. The first kappa shape index (κ1) is 13.3. The van der Waals surface area contributed by atoms with Crippen molar-refractivity contribution in [2.45, 2.75) is 32.6 Å². The monoisotopic (exact) mass is 259 g/mol. The first-order valence-corrected chi connectivity index (χ1v) is 6.13. The van der Waals surface area contributed by atoms with Crippen LogP contribution in [0.2, 0.25) is 0 Å². The van der Waals surface area contributed by atoms with Crippen LogP contribution >= 0.6 is 0 Å². The predicted molar refractivity (Wildman–Crippen MR) is 74.0 cm³/mol. The second-order valence-corrected chi connectivity index (χ2v) is 5.55.